The van der Waals surface area contributed by atoms with Crippen LogP contribution in [-0.4, -0.2) is 21.0 Å². The van der Waals surface area contributed by atoms with E-state index in [4.69, 9.17) is 5.11 Å². The predicted molar refractivity (Wildman–Crippen MR) is 65.5 cm³/mol. The summed E-state index contributed by atoms with van der Waals surface area (Å²) in [5.74, 6) is -1.04. The number of rotatable bonds is 4. The molecule has 8 heteroatoms. The highest BCUT2D eigenvalue weighted by atomic mass is 32.1. The summed E-state index contributed by atoms with van der Waals surface area (Å²) in [7, 11) is 0. The van der Waals surface area contributed by atoms with Crippen molar-refractivity contribution in [3.63, 3.8) is 0 Å². The van der Waals surface area contributed by atoms with E-state index in [1.165, 1.54) is 12.1 Å². The first-order valence-electron chi connectivity index (χ1n) is 4.77. The first kappa shape index (κ1) is 12.0. The van der Waals surface area contributed by atoms with Crippen molar-refractivity contribution >= 4 is 33.1 Å². The smallest absolute Gasteiger partial charge is 0.345 e. The molecule has 2 N–H and O–H groups in total. The van der Waals surface area contributed by atoms with Crippen LogP contribution in [0, 0.1) is 10.1 Å². The zero-order chi connectivity index (χ0) is 13.1. The summed E-state index contributed by atoms with van der Waals surface area (Å²) in [6, 6.07) is 6.11. The number of carboxylic acid groups (broad SMARTS) is 1. The second kappa shape index (κ2) is 4.80. The Morgan fingerprint density at radius 2 is 2.28 bits per heavy atom. The Kier molecular flexibility index (Phi) is 3.20. The van der Waals surface area contributed by atoms with Crippen molar-refractivity contribution in [3.05, 3.63) is 46.1 Å². The monoisotopic (exact) mass is 265 g/mol. The van der Waals surface area contributed by atoms with Crippen molar-refractivity contribution < 1.29 is 14.8 Å². The molecule has 0 aliphatic rings. The molecule has 0 bridgehead atoms. The lowest BCUT2D eigenvalue weighted by molar-refractivity contribution is -0.380. The van der Waals surface area contributed by atoms with E-state index in [9.17, 15) is 14.9 Å². The number of hydrogen-bond acceptors (Lipinski definition) is 6. The molecule has 2 aromatic rings. The number of hydrogen-bond donors (Lipinski definition) is 2. The first-order chi connectivity index (χ1) is 8.56. The maximum Gasteiger partial charge on any atom is 0.345 e. The summed E-state index contributed by atoms with van der Waals surface area (Å²) < 4.78 is 0. The molecule has 0 fully saturated rings. The lowest BCUT2D eigenvalue weighted by atomic mass is 10.2. The highest BCUT2D eigenvalue weighted by molar-refractivity contribution is 7.18. The molecular weight excluding hydrogens is 258 g/mol. The van der Waals surface area contributed by atoms with Crippen LogP contribution < -0.4 is 5.32 Å². The van der Waals surface area contributed by atoms with Gasteiger partial charge in [-0.3, -0.25) is 10.1 Å². The number of nitrogens with one attached hydrogen (secondary N) is 1. The second-order valence-electron chi connectivity index (χ2n) is 3.27. The summed E-state index contributed by atoms with van der Waals surface area (Å²) >= 11 is 0.881. The SMILES string of the molecule is O=C(O)c1cccc(Nc2ncc([N+](=O)[O-])s2)c1. The Morgan fingerprint density at radius 3 is 2.89 bits per heavy atom. The number of aromatic carboxylic acids is 1. The van der Waals surface area contributed by atoms with Gasteiger partial charge in [0.1, 0.15) is 6.20 Å². The van der Waals surface area contributed by atoms with E-state index in [0.29, 0.717) is 10.8 Å². The van der Waals surface area contributed by atoms with Gasteiger partial charge in [-0.1, -0.05) is 6.07 Å². The average Bonchev–Trinajstić information content (AvgIpc) is 2.78. The summed E-state index contributed by atoms with van der Waals surface area (Å²) in [6.45, 7) is 0. The van der Waals surface area contributed by atoms with Crippen molar-refractivity contribution in [1.29, 1.82) is 0 Å². The average molecular weight is 265 g/mol. The summed E-state index contributed by atoms with van der Waals surface area (Å²) in [4.78, 5) is 24.5. The molecule has 1 aromatic heterocycles. The molecule has 0 atom stereocenters. The van der Waals surface area contributed by atoms with Crippen molar-refractivity contribution in [2.45, 2.75) is 0 Å². The lowest BCUT2D eigenvalue weighted by Crippen LogP contribution is -1.97. The molecule has 18 heavy (non-hydrogen) atoms. The minimum Gasteiger partial charge on any atom is -0.478 e. The molecule has 0 aliphatic heterocycles. The van der Waals surface area contributed by atoms with Crippen molar-refractivity contribution in [2.24, 2.45) is 0 Å². The van der Waals surface area contributed by atoms with Crippen LogP contribution in [0.2, 0.25) is 0 Å². The normalized spacial score (nSPS) is 10.0. The van der Waals surface area contributed by atoms with E-state index in [-0.39, 0.29) is 10.6 Å². The molecule has 0 radical (unpaired) electrons. The van der Waals surface area contributed by atoms with Crippen LogP contribution in [0.15, 0.2) is 30.5 Å². The van der Waals surface area contributed by atoms with Gasteiger partial charge in [0.25, 0.3) is 0 Å². The third kappa shape index (κ3) is 2.61. The van der Waals surface area contributed by atoms with Gasteiger partial charge in [-0.05, 0) is 29.5 Å². The fourth-order valence-electron chi connectivity index (χ4n) is 1.26. The Balaban J connectivity index is 2.20. The highest BCUT2D eigenvalue weighted by Gasteiger charge is 2.11. The van der Waals surface area contributed by atoms with Gasteiger partial charge in [0.05, 0.1) is 10.5 Å². The highest BCUT2D eigenvalue weighted by Crippen LogP contribution is 2.27. The van der Waals surface area contributed by atoms with E-state index in [2.05, 4.69) is 10.3 Å². The van der Waals surface area contributed by atoms with Crippen molar-refractivity contribution in [1.82, 2.24) is 4.98 Å². The van der Waals surface area contributed by atoms with E-state index >= 15 is 0 Å². The third-order valence-electron chi connectivity index (χ3n) is 2.03. The van der Waals surface area contributed by atoms with E-state index in [1.54, 1.807) is 12.1 Å². The van der Waals surface area contributed by atoms with Gasteiger partial charge in [-0.15, -0.1) is 0 Å². The number of nitrogens with zero attached hydrogens (tertiary/aromatic N) is 2. The predicted octanol–water partition coefficient (Wildman–Crippen LogP) is 2.49. The number of carboxylic acids is 1. The Bertz CT molecular complexity index is 611. The quantitative estimate of drug-likeness (QED) is 0.649. The Hall–Kier alpha value is -2.48. The molecule has 0 aliphatic carbocycles. The van der Waals surface area contributed by atoms with Crippen LogP contribution >= 0.6 is 11.3 Å². The van der Waals surface area contributed by atoms with Gasteiger partial charge < -0.3 is 10.4 Å². The number of carbonyl (C=O) groups is 1. The molecule has 0 saturated heterocycles. The molecular formula is C10H7N3O4S. The van der Waals surface area contributed by atoms with Gasteiger partial charge in [-0.2, -0.15) is 0 Å². The number of thiazole rings is 1. The van der Waals surface area contributed by atoms with Crippen molar-refractivity contribution in [2.75, 3.05) is 5.32 Å². The van der Waals surface area contributed by atoms with Gasteiger partial charge in [0, 0.05) is 5.69 Å². The van der Waals surface area contributed by atoms with Crippen LogP contribution in [0.4, 0.5) is 15.8 Å². The fraction of sp³-hybridized carbons (Fsp3) is 0. The van der Waals surface area contributed by atoms with E-state index in [1.807, 2.05) is 0 Å². The summed E-state index contributed by atoms with van der Waals surface area (Å²) in [6.07, 6.45) is 1.15. The Labute approximate surface area is 105 Å². The first-order valence-corrected chi connectivity index (χ1v) is 5.58. The maximum atomic E-state index is 10.8. The summed E-state index contributed by atoms with van der Waals surface area (Å²) in [5.41, 5.74) is 0.644. The topological polar surface area (TPSA) is 105 Å². The molecule has 1 aromatic carbocycles. The second-order valence-corrected chi connectivity index (χ2v) is 4.28. The molecule has 0 saturated carbocycles. The molecule has 1 heterocycles. The number of anilines is 2. The number of benzene rings is 1. The number of aromatic nitrogens is 1. The van der Waals surface area contributed by atoms with Crippen LogP contribution in [0.5, 0.6) is 0 Å². The lowest BCUT2D eigenvalue weighted by Gasteiger charge is -2.02. The number of nitro groups is 1. The van der Waals surface area contributed by atoms with Crippen LogP contribution in [0.3, 0.4) is 0 Å². The van der Waals surface area contributed by atoms with Gasteiger partial charge in [0.15, 0.2) is 5.13 Å². The molecule has 0 amide bonds. The molecule has 92 valence electrons. The minimum absolute atomic E-state index is 0.0770. The van der Waals surface area contributed by atoms with Crippen LogP contribution in [0.1, 0.15) is 10.4 Å². The maximum absolute atomic E-state index is 10.8. The third-order valence-corrected chi connectivity index (χ3v) is 2.90. The summed E-state index contributed by atoms with van der Waals surface area (Å²) in [5, 5.41) is 22.4. The van der Waals surface area contributed by atoms with Gasteiger partial charge in [0.2, 0.25) is 0 Å². The van der Waals surface area contributed by atoms with Crippen LogP contribution in [-0.2, 0) is 0 Å². The zero-order valence-electron chi connectivity index (χ0n) is 8.86. The molecule has 0 unspecified atom stereocenters. The van der Waals surface area contributed by atoms with Gasteiger partial charge >= 0.3 is 11.0 Å². The van der Waals surface area contributed by atoms with Crippen molar-refractivity contribution in [3.8, 4) is 0 Å². The van der Waals surface area contributed by atoms with E-state index in [0.717, 1.165) is 17.5 Å². The largest absolute Gasteiger partial charge is 0.478 e. The van der Waals surface area contributed by atoms with Crippen LogP contribution in [0.25, 0.3) is 0 Å². The fourth-order valence-corrected chi connectivity index (χ4v) is 1.91. The molecule has 2 rings (SSSR count). The Morgan fingerprint density at radius 1 is 1.50 bits per heavy atom. The standard InChI is InChI=1S/C10H7N3O4S/c14-9(15)6-2-1-3-7(4-6)12-10-11-5-8(18-10)13(16)17/h1-5H,(H,11,12)(H,14,15). The molecule has 0 spiro atoms. The zero-order valence-corrected chi connectivity index (χ0v) is 9.68. The minimum atomic E-state index is -1.04. The van der Waals surface area contributed by atoms with E-state index < -0.39 is 10.9 Å². The molecule has 7 nitrogen and oxygen atoms in total. The van der Waals surface area contributed by atoms with Gasteiger partial charge in [-0.25, -0.2) is 9.78 Å².